The first-order valence-corrected chi connectivity index (χ1v) is 7.92. The molecule has 0 aliphatic rings. The first-order valence-electron chi connectivity index (χ1n) is 7.92. The number of rotatable bonds is 3. The summed E-state index contributed by atoms with van der Waals surface area (Å²) in [5, 5.41) is 0. The van der Waals surface area contributed by atoms with Gasteiger partial charge in [0.05, 0.1) is 0 Å². The molecule has 3 aromatic rings. The summed E-state index contributed by atoms with van der Waals surface area (Å²) in [7, 11) is 0. The Bertz CT molecular complexity index is 767. The van der Waals surface area contributed by atoms with Gasteiger partial charge in [0.1, 0.15) is 0 Å². The van der Waals surface area contributed by atoms with Crippen LogP contribution in [0.3, 0.4) is 0 Å². The lowest BCUT2D eigenvalue weighted by Gasteiger charge is -2.17. The maximum Gasteiger partial charge on any atom is -0.0102 e. The standard InChI is InChI=1S/C22H22/c1-16(2)19-11-7-8-12-20(19)21-14-13-17(3)15-22(21)18-9-5-4-6-10-18/h4-16H,1-3H3. The number of hydrogen-bond donors (Lipinski definition) is 0. The molecule has 110 valence electrons. The number of benzene rings is 3. The summed E-state index contributed by atoms with van der Waals surface area (Å²) in [5.41, 5.74) is 7.96. The van der Waals surface area contributed by atoms with Crippen molar-refractivity contribution >= 4 is 0 Å². The normalized spacial score (nSPS) is 10.9. The summed E-state index contributed by atoms with van der Waals surface area (Å²) in [6, 6.07) is 26.2. The molecule has 0 saturated heterocycles. The molecule has 0 bridgehead atoms. The molecule has 3 rings (SSSR count). The molecule has 0 heterocycles. The van der Waals surface area contributed by atoms with Crippen LogP contribution in [-0.4, -0.2) is 0 Å². The Morgan fingerprint density at radius 1 is 0.636 bits per heavy atom. The lowest BCUT2D eigenvalue weighted by Crippen LogP contribution is -1.94. The van der Waals surface area contributed by atoms with Crippen molar-refractivity contribution in [3.8, 4) is 22.3 Å². The summed E-state index contributed by atoms with van der Waals surface area (Å²) in [6.07, 6.45) is 0. The highest BCUT2D eigenvalue weighted by Gasteiger charge is 2.12. The molecule has 0 fully saturated rings. The highest BCUT2D eigenvalue weighted by atomic mass is 14.2. The second-order valence-corrected chi connectivity index (χ2v) is 6.16. The van der Waals surface area contributed by atoms with E-state index in [4.69, 9.17) is 0 Å². The van der Waals surface area contributed by atoms with E-state index in [0.717, 1.165) is 0 Å². The van der Waals surface area contributed by atoms with Crippen LogP contribution >= 0.6 is 0 Å². The summed E-state index contributed by atoms with van der Waals surface area (Å²) in [5.74, 6) is 0.515. The second-order valence-electron chi connectivity index (χ2n) is 6.16. The van der Waals surface area contributed by atoms with Crippen molar-refractivity contribution in [1.29, 1.82) is 0 Å². The molecule has 0 radical (unpaired) electrons. The predicted octanol–water partition coefficient (Wildman–Crippen LogP) is 6.45. The average Bonchev–Trinajstić information content (AvgIpc) is 2.55. The number of hydrogen-bond acceptors (Lipinski definition) is 0. The molecule has 0 heteroatoms. The molecule has 0 spiro atoms. The Morgan fingerprint density at radius 2 is 1.32 bits per heavy atom. The van der Waals surface area contributed by atoms with Crippen LogP contribution in [0.15, 0.2) is 72.8 Å². The summed E-state index contributed by atoms with van der Waals surface area (Å²) >= 11 is 0. The molecule has 0 atom stereocenters. The van der Waals surface area contributed by atoms with Gasteiger partial charge in [0.2, 0.25) is 0 Å². The van der Waals surface area contributed by atoms with Gasteiger partial charge in [-0.1, -0.05) is 92.2 Å². The molecule has 0 unspecified atom stereocenters. The highest BCUT2D eigenvalue weighted by molar-refractivity contribution is 5.85. The first kappa shape index (κ1) is 14.6. The molecule has 0 aliphatic heterocycles. The van der Waals surface area contributed by atoms with Gasteiger partial charge in [-0.15, -0.1) is 0 Å². The van der Waals surface area contributed by atoms with E-state index in [1.165, 1.54) is 33.4 Å². The van der Waals surface area contributed by atoms with E-state index >= 15 is 0 Å². The van der Waals surface area contributed by atoms with Gasteiger partial charge in [-0.25, -0.2) is 0 Å². The maximum atomic E-state index is 2.29. The third-order valence-electron chi connectivity index (χ3n) is 4.13. The van der Waals surface area contributed by atoms with Crippen LogP contribution < -0.4 is 0 Å². The fourth-order valence-electron chi connectivity index (χ4n) is 3.00. The zero-order valence-corrected chi connectivity index (χ0v) is 13.5. The Labute approximate surface area is 133 Å². The van der Waals surface area contributed by atoms with Gasteiger partial charge in [0, 0.05) is 0 Å². The molecular formula is C22H22. The molecule has 22 heavy (non-hydrogen) atoms. The maximum absolute atomic E-state index is 2.29. The topological polar surface area (TPSA) is 0 Å². The minimum absolute atomic E-state index is 0.515. The van der Waals surface area contributed by atoms with Crippen LogP contribution in [0.2, 0.25) is 0 Å². The van der Waals surface area contributed by atoms with Crippen LogP contribution in [0.25, 0.3) is 22.3 Å². The van der Waals surface area contributed by atoms with Gasteiger partial charge in [-0.3, -0.25) is 0 Å². The van der Waals surface area contributed by atoms with E-state index in [9.17, 15) is 0 Å². The quantitative estimate of drug-likeness (QED) is 0.519. The van der Waals surface area contributed by atoms with E-state index in [2.05, 4.69) is 93.6 Å². The lowest BCUT2D eigenvalue weighted by molar-refractivity contribution is 0.869. The molecule has 0 saturated carbocycles. The van der Waals surface area contributed by atoms with E-state index < -0.39 is 0 Å². The first-order chi connectivity index (χ1) is 10.7. The molecule has 0 nitrogen and oxygen atoms in total. The lowest BCUT2D eigenvalue weighted by atomic mass is 9.87. The van der Waals surface area contributed by atoms with Gasteiger partial charge >= 0.3 is 0 Å². The molecular weight excluding hydrogens is 264 g/mol. The number of aryl methyl sites for hydroxylation is 1. The smallest absolute Gasteiger partial charge is 0.0102 e. The van der Waals surface area contributed by atoms with Crippen molar-refractivity contribution in [3.05, 3.63) is 83.9 Å². The van der Waals surface area contributed by atoms with E-state index in [0.29, 0.717) is 5.92 Å². The van der Waals surface area contributed by atoms with Gasteiger partial charge in [0.25, 0.3) is 0 Å². The van der Waals surface area contributed by atoms with Crippen molar-refractivity contribution in [2.45, 2.75) is 26.7 Å². The van der Waals surface area contributed by atoms with Crippen molar-refractivity contribution < 1.29 is 0 Å². The summed E-state index contributed by atoms with van der Waals surface area (Å²) in [4.78, 5) is 0. The highest BCUT2D eigenvalue weighted by Crippen LogP contribution is 2.36. The predicted molar refractivity (Wildman–Crippen MR) is 96.1 cm³/mol. The van der Waals surface area contributed by atoms with Crippen molar-refractivity contribution in [2.24, 2.45) is 0 Å². The molecule has 0 amide bonds. The van der Waals surface area contributed by atoms with Gasteiger partial charge < -0.3 is 0 Å². The van der Waals surface area contributed by atoms with Crippen molar-refractivity contribution in [2.75, 3.05) is 0 Å². The minimum Gasteiger partial charge on any atom is -0.0622 e. The van der Waals surface area contributed by atoms with Gasteiger partial charge in [-0.05, 0) is 40.7 Å². The fraction of sp³-hybridized carbons (Fsp3) is 0.182. The minimum atomic E-state index is 0.515. The van der Waals surface area contributed by atoms with Crippen LogP contribution in [0.1, 0.15) is 30.9 Å². The van der Waals surface area contributed by atoms with Crippen LogP contribution in [0.4, 0.5) is 0 Å². The summed E-state index contributed by atoms with van der Waals surface area (Å²) in [6.45, 7) is 6.68. The van der Waals surface area contributed by atoms with Crippen molar-refractivity contribution in [3.63, 3.8) is 0 Å². The molecule has 0 N–H and O–H groups in total. The van der Waals surface area contributed by atoms with Crippen molar-refractivity contribution in [1.82, 2.24) is 0 Å². The monoisotopic (exact) mass is 286 g/mol. The average molecular weight is 286 g/mol. The van der Waals surface area contributed by atoms with Gasteiger partial charge in [0.15, 0.2) is 0 Å². The third-order valence-corrected chi connectivity index (χ3v) is 4.13. The fourth-order valence-corrected chi connectivity index (χ4v) is 3.00. The zero-order valence-electron chi connectivity index (χ0n) is 13.5. The molecule has 3 aromatic carbocycles. The van der Waals surface area contributed by atoms with E-state index in [1.807, 2.05) is 0 Å². The van der Waals surface area contributed by atoms with Crippen LogP contribution in [-0.2, 0) is 0 Å². The Morgan fingerprint density at radius 3 is 2.05 bits per heavy atom. The zero-order chi connectivity index (χ0) is 15.5. The molecule has 0 aromatic heterocycles. The molecule has 0 aliphatic carbocycles. The van der Waals surface area contributed by atoms with Gasteiger partial charge in [-0.2, -0.15) is 0 Å². The Kier molecular flexibility index (Phi) is 4.11. The van der Waals surface area contributed by atoms with Crippen LogP contribution in [0, 0.1) is 6.92 Å². The Hall–Kier alpha value is -2.34. The van der Waals surface area contributed by atoms with E-state index in [1.54, 1.807) is 0 Å². The van der Waals surface area contributed by atoms with E-state index in [-0.39, 0.29) is 0 Å². The SMILES string of the molecule is Cc1ccc(-c2ccccc2C(C)C)c(-c2ccccc2)c1. The third kappa shape index (κ3) is 2.82. The van der Waals surface area contributed by atoms with Crippen LogP contribution in [0.5, 0.6) is 0 Å². The largest absolute Gasteiger partial charge is 0.0622 e. The Balaban J connectivity index is 2.25. The second kappa shape index (κ2) is 6.19. The summed E-state index contributed by atoms with van der Waals surface area (Å²) < 4.78 is 0.